The van der Waals surface area contributed by atoms with E-state index in [0.29, 0.717) is 23.1 Å². The fourth-order valence-electron chi connectivity index (χ4n) is 3.61. The number of amides is 2. The minimum Gasteiger partial charge on any atom is -0.348 e. The molecule has 0 bridgehead atoms. The van der Waals surface area contributed by atoms with Crippen molar-refractivity contribution in [2.45, 2.75) is 44.8 Å². The minimum atomic E-state index is -0.510. The Morgan fingerprint density at radius 3 is 2.36 bits per heavy atom. The third kappa shape index (κ3) is 5.55. The molecule has 1 fully saturated rings. The van der Waals surface area contributed by atoms with Crippen LogP contribution in [0.2, 0.25) is 0 Å². The van der Waals surface area contributed by atoms with Crippen molar-refractivity contribution in [1.29, 1.82) is 5.26 Å². The van der Waals surface area contributed by atoms with Gasteiger partial charge < -0.3 is 5.32 Å². The standard InChI is InChI=1S/C27H29N3O2S/c1-5-15-29-25(31)23(17-28)27-30(22-13-11-21(12-14-22)18(3)4)26(32)24(33-27)16-20-9-7-19(6-2)8-10-20/h5,7-14,18,24H,1,6,15-16H2,2-4H3,(H,29,31)/b27-23-. The predicted molar refractivity (Wildman–Crippen MR) is 135 cm³/mol. The Kier molecular flexibility index (Phi) is 8.13. The highest BCUT2D eigenvalue weighted by Gasteiger charge is 2.40. The number of aryl methyl sites for hydroxylation is 1. The summed E-state index contributed by atoms with van der Waals surface area (Å²) in [4.78, 5) is 27.7. The van der Waals surface area contributed by atoms with Crippen LogP contribution in [-0.4, -0.2) is 23.6 Å². The summed E-state index contributed by atoms with van der Waals surface area (Å²) in [6, 6.07) is 18.0. The summed E-state index contributed by atoms with van der Waals surface area (Å²) >= 11 is 1.28. The van der Waals surface area contributed by atoms with Gasteiger partial charge in [0.15, 0.2) is 0 Å². The smallest absolute Gasteiger partial charge is 0.264 e. The summed E-state index contributed by atoms with van der Waals surface area (Å²) in [5.74, 6) is -0.281. The van der Waals surface area contributed by atoms with Crippen LogP contribution in [0.3, 0.4) is 0 Å². The summed E-state index contributed by atoms with van der Waals surface area (Å²) in [6.45, 7) is 10.2. The van der Waals surface area contributed by atoms with Gasteiger partial charge in [0.2, 0.25) is 5.91 Å². The maximum atomic E-state index is 13.5. The Morgan fingerprint density at radius 2 is 1.82 bits per heavy atom. The van der Waals surface area contributed by atoms with Gasteiger partial charge in [-0.1, -0.05) is 75.0 Å². The lowest BCUT2D eigenvalue weighted by Crippen LogP contribution is -2.32. The first-order valence-corrected chi connectivity index (χ1v) is 12.0. The summed E-state index contributed by atoms with van der Waals surface area (Å²) < 4.78 is 0. The molecule has 1 aliphatic rings. The molecule has 2 aromatic rings. The second-order valence-corrected chi connectivity index (χ2v) is 9.38. The average Bonchev–Trinajstić information content (AvgIpc) is 3.14. The molecule has 1 saturated heterocycles. The van der Waals surface area contributed by atoms with E-state index in [1.807, 2.05) is 42.5 Å². The Balaban J connectivity index is 2.00. The van der Waals surface area contributed by atoms with Crippen LogP contribution in [0, 0.1) is 11.3 Å². The number of hydrogen-bond acceptors (Lipinski definition) is 4. The molecule has 2 amide bonds. The lowest BCUT2D eigenvalue weighted by atomic mass is 10.0. The fourth-order valence-corrected chi connectivity index (χ4v) is 4.92. The van der Waals surface area contributed by atoms with Crippen LogP contribution in [0.25, 0.3) is 0 Å². The van der Waals surface area contributed by atoms with Gasteiger partial charge in [-0.25, -0.2) is 0 Å². The molecule has 170 valence electrons. The number of carbonyl (C=O) groups is 2. The van der Waals surface area contributed by atoms with E-state index in [4.69, 9.17) is 0 Å². The largest absolute Gasteiger partial charge is 0.348 e. The van der Waals surface area contributed by atoms with E-state index < -0.39 is 11.2 Å². The predicted octanol–water partition coefficient (Wildman–Crippen LogP) is 5.10. The Hall–Kier alpha value is -3.30. The van der Waals surface area contributed by atoms with Gasteiger partial charge in [-0.15, -0.1) is 6.58 Å². The Morgan fingerprint density at radius 1 is 1.18 bits per heavy atom. The number of benzene rings is 2. The maximum Gasteiger partial charge on any atom is 0.264 e. The van der Waals surface area contributed by atoms with Crippen molar-refractivity contribution in [2.24, 2.45) is 0 Å². The monoisotopic (exact) mass is 459 g/mol. The lowest BCUT2D eigenvalue weighted by Gasteiger charge is -2.19. The quantitative estimate of drug-likeness (QED) is 0.339. The summed E-state index contributed by atoms with van der Waals surface area (Å²) in [5.41, 5.74) is 4.03. The normalized spacial score (nSPS) is 17.1. The second-order valence-electron chi connectivity index (χ2n) is 8.19. The molecular weight excluding hydrogens is 430 g/mol. The third-order valence-corrected chi connectivity index (χ3v) is 6.85. The van der Waals surface area contributed by atoms with Crippen LogP contribution in [0.15, 0.2) is 71.8 Å². The molecular formula is C27H29N3O2S. The van der Waals surface area contributed by atoms with Crippen molar-refractivity contribution in [3.63, 3.8) is 0 Å². The van der Waals surface area contributed by atoms with Gasteiger partial charge in [-0.2, -0.15) is 5.26 Å². The number of anilines is 1. The number of hydrogen-bond donors (Lipinski definition) is 1. The molecule has 0 aromatic heterocycles. The molecule has 2 aromatic carbocycles. The highest BCUT2D eigenvalue weighted by atomic mass is 32.2. The molecule has 1 N–H and O–H groups in total. The van der Waals surface area contributed by atoms with E-state index >= 15 is 0 Å². The number of thioether (sulfide) groups is 1. The molecule has 0 saturated carbocycles. The third-order valence-electron chi connectivity index (χ3n) is 5.58. The van der Waals surface area contributed by atoms with Crippen molar-refractivity contribution in [2.75, 3.05) is 11.4 Å². The van der Waals surface area contributed by atoms with Crippen LogP contribution in [0.4, 0.5) is 5.69 Å². The second kappa shape index (κ2) is 11.0. The minimum absolute atomic E-state index is 0.0630. The molecule has 0 spiro atoms. The van der Waals surface area contributed by atoms with Crippen LogP contribution in [0.5, 0.6) is 0 Å². The van der Waals surface area contributed by atoms with Crippen molar-refractivity contribution in [1.82, 2.24) is 5.32 Å². The molecule has 0 aliphatic carbocycles. The van der Waals surface area contributed by atoms with E-state index in [9.17, 15) is 14.9 Å². The molecule has 1 aliphatic heterocycles. The zero-order valence-corrected chi connectivity index (χ0v) is 20.1. The van der Waals surface area contributed by atoms with E-state index in [2.05, 4.69) is 44.8 Å². The van der Waals surface area contributed by atoms with Crippen molar-refractivity contribution in [3.05, 3.63) is 88.5 Å². The number of rotatable bonds is 8. The topological polar surface area (TPSA) is 73.2 Å². The average molecular weight is 460 g/mol. The van der Waals surface area contributed by atoms with Crippen molar-refractivity contribution < 1.29 is 9.59 Å². The van der Waals surface area contributed by atoms with E-state index in [1.54, 1.807) is 6.08 Å². The van der Waals surface area contributed by atoms with Gasteiger partial charge in [-0.3, -0.25) is 14.5 Å². The van der Waals surface area contributed by atoms with Gasteiger partial charge >= 0.3 is 0 Å². The van der Waals surface area contributed by atoms with Crippen LogP contribution in [0.1, 0.15) is 43.4 Å². The van der Waals surface area contributed by atoms with E-state index in [1.165, 1.54) is 22.2 Å². The highest BCUT2D eigenvalue weighted by Crippen LogP contribution is 2.42. The first-order chi connectivity index (χ1) is 15.9. The van der Waals surface area contributed by atoms with E-state index in [0.717, 1.165) is 17.5 Å². The lowest BCUT2D eigenvalue weighted by molar-refractivity contribution is -0.117. The van der Waals surface area contributed by atoms with Crippen molar-refractivity contribution in [3.8, 4) is 6.07 Å². The number of nitriles is 1. The van der Waals surface area contributed by atoms with Crippen LogP contribution < -0.4 is 10.2 Å². The zero-order chi connectivity index (χ0) is 24.0. The molecule has 6 heteroatoms. The first kappa shape index (κ1) is 24.3. The number of nitrogens with one attached hydrogen (secondary N) is 1. The van der Waals surface area contributed by atoms with Gasteiger partial charge in [0.1, 0.15) is 16.7 Å². The van der Waals surface area contributed by atoms with Crippen molar-refractivity contribution >= 4 is 29.3 Å². The molecule has 5 nitrogen and oxygen atoms in total. The molecule has 1 unspecified atom stereocenters. The summed E-state index contributed by atoms with van der Waals surface area (Å²) in [6.07, 6.45) is 3.02. The van der Waals surface area contributed by atoms with E-state index in [-0.39, 0.29) is 18.0 Å². The Bertz CT molecular complexity index is 1100. The van der Waals surface area contributed by atoms with Crippen LogP contribution >= 0.6 is 11.8 Å². The van der Waals surface area contributed by atoms with Gasteiger partial charge in [0.25, 0.3) is 5.91 Å². The zero-order valence-electron chi connectivity index (χ0n) is 19.3. The molecule has 33 heavy (non-hydrogen) atoms. The first-order valence-electron chi connectivity index (χ1n) is 11.1. The fraction of sp³-hybridized carbons (Fsp3) is 0.296. The molecule has 3 rings (SSSR count). The highest BCUT2D eigenvalue weighted by molar-refractivity contribution is 8.05. The molecule has 1 heterocycles. The SMILES string of the molecule is C=CCNC(=O)/C(C#N)=C1\SC(Cc2ccc(CC)cc2)C(=O)N1c1ccc(C(C)C)cc1. The maximum absolute atomic E-state index is 13.5. The summed E-state index contributed by atoms with van der Waals surface area (Å²) in [7, 11) is 0. The van der Waals surface area contributed by atoms with Crippen LogP contribution in [-0.2, 0) is 22.4 Å². The number of nitrogens with zero attached hydrogens (tertiary/aromatic N) is 2. The summed E-state index contributed by atoms with van der Waals surface area (Å²) in [5, 5.41) is 12.4. The Labute approximate surface area is 200 Å². The molecule has 0 radical (unpaired) electrons. The van der Waals surface area contributed by atoms with Gasteiger partial charge in [-0.05, 0) is 47.6 Å². The van der Waals surface area contributed by atoms with Gasteiger partial charge in [0, 0.05) is 12.2 Å². The van der Waals surface area contributed by atoms with Gasteiger partial charge in [0.05, 0.1) is 5.25 Å². The molecule has 1 atom stereocenters. The number of carbonyl (C=O) groups excluding carboxylic acids is 2.